The predicted molar refractivity (Wildman–Crippen MR) is 99.8 cm³/mol. The number of carbonyl (C=O) groups is 1. The van der Waals surface area contributed by atoms with Gasteiger partial charge in [-0.15, -0.1) is 11.8 Å². The number of para-hydroxylation sites is 1. The Labute approximate surface area is 147 Å². The number of carbonyl (C=O) groups excluding carboxylic acids is 1. The average molecular weight is 347 g/mol. The van der Waals surface area contributed by atoms with Gasteiger partial charge in [0, 0.05) is 24.3 Å². The van der Waals surface area contributed by atoms with Gasteiger partial charge >= 0.3 is 0 Å². The molecule has 0 bridgehead atoms. The summed E-state index contributed by atoms with van der Waals surface area (Å²) in [6.45, 7) is 6.89. The van der Waals surface area contributed by atoms with Crippen molar-refractivity contribution in [3.05, 3.63) is 42.1 Å². The fourth-order valence-electron chi connectivity index (χ4n) is 2.03. The Morgan fingerprint density at radius 3 is 2.62 bits per heavy atom. The number of hydrogen-bond acceptors (Lipinski definition) is 4. The SMILES string of the molecule is Cn1nc(C(C)(C)C)cc1NC(=O)CSCCOc1ccccc1. The molecule has 1 aromatic heterocycles. The maximum atomic E-state index is 12.0. The minimum absolute atomic E-state index is 0.0248. The van der Waals surface area contributed by atoms with Gasteiger partial charge < -0.3 is 10.1 Å². The number of thioether (sulfide) groups is 1. The van der Waals surface area contributed by atoms with Crippen molar-refractivity contribution in [1.82, 2.24) is 9.78 Å². The molecule has 0 spiro atoms. The lowest BCUT2D eigenvalue weighted by atomic mass is 9.92. The molecule has 130 valence electrons. The van der Waals surface area contributed by atoms with E-state index in [1.54, 1.807) is 16.4 Å². The topological polar surface area (TPSA) is 56.2 Å². The van der Waals surface area contributed by atoms with Crippen LogP contribution in [0, 0.1) is 0 Å². The second kappa shape index (κ2) is 8.24. The Kier molecular flexibility index (Phi) is 6.31. The second-order valence-electron chi connectivity index (χ2n) is 6.55. The van der Waals surface area contributed by atoms with Gasteiger partial charge in [-0.2, -0.15) is 5.10 Å². The maximum absolute atomic E-state index is 12.0. The quantitative estimate of drug-likeness (QED) is 0.779. The van der Waals surface area contributed by atoms with Crippen LogP contribution in [-0.2, 0) is 17.3 Å². The fraction of sp³-hybridized carbons (Fsp3) is 0.444. The standard InChI is InChI=1S/C18H25N3O2S/c1-18(2,3)15-12-16(21(4)20-15)19-17(22)13-24-11-10-23-14-8-6-5-7-9-14/h5-9,12H,10-11,13H2,1-4H3,(H,19,22). The van der Waals surface area contributed by atoms with Gasteiger partial charge in [-0.25, -0.2) is 0 Å². The highest BCUT2D eigenvalue weighted by Gasteiger charge is 2.19. The summed E-state index contributed by atoms with van der Waals surface area (Å²) in [6, 6.07) is 11.6. The van der Waals surface area contributed by atoms with Crippen molar-refractivity contribution in [1.29, 1.82) is 0 Å². The Bertz CT molecular complexity index is 663. The van der Waals surface area contributed by atoms with E-state index in [4.69, 9.17) is 4.74 Å². The van der Waals surface area contributed by atoms with Gasteiger partial charge in [-0.3, -0.25) is 9.48 Å². The van der Waals surface area contributed by atoms with Crippen molar-refractivity contribution < 1.29 is 9.53 Å². The molecule has 1 N–H and O–H groups in total. The average Bonchev–Trinajstić information content (AvgIpc) is 2.89. The van der Waals surface area contributed by atoms with Gasteiger partial charge in [-0.1, -0.05) is 39.0 Å². The fourth-order valence-corrected chi connectivity index (χ4v) is 2.63. The summed E-state index contributed by atoms with van der Waals surface area (Å²) in [4.78, 5) is 12.0. The number of aryl methyl sites for hydroxylation is 1. The maximum Gasteiger partial charge on any atom is 0.235 e. The number of benzene rings is 1. The molecule has 0 atom stereocenters. The van der Waals surface area contributed by atoms with E-state index in [0.29, 0.717) is 12.4 Å². The van der Waals surface area contributed by atoms with Crippen LogP contribution in [0.15, 0.2) is 36.4 Å². The van der Waals surface area contributed by atoms with Gasteiger partial charge in [-0.05, 0) is 12.1 Å². The third-order valence-electron chi connectivity index (χ3n) is 3.39. The van der Waals surface area contributed by atoms with Crippen LogP contribution in [0.1, 0.15) is 26.5 Å². The summed E-state index contributed by atoms with van der Waals surface area (Å²) in [5.41, 5.74) is 0.925. The highest BCUT2D eigenvalue weighted by atomic mass is 32.2. The van der Waals surface area contributed by atoms with E-state index in [0.717, 1.165) is 23.0 Å². The third kappa shape index (κ3) is 5.60. The molecule has 0 unspecified atom stereocenters. The molecule has 0 saturated carbocycles. The minimum Gasteiger partial charge on any atom is -0.493 e. The van der Waals surface area contributed by atoms with Crippen LogP contribution >= 0.6 is 11.8 Å². The molecule has 0 radical (unpaired) electrons. The summed E-state index contributed by atoms with van der Waals surface area (Å²) in [7, 11) is 1.84. The zero-order valence-electron chi connectivity index (χ0n) is 14.7. The minimum atomic E-state index is -0.0374. The highest BCUT2D eigenvalue weighted by molar-refractivity contribution is 7.99. The van der Waals surface area contributed by atoms with Crippen LogP contribution in [0.5, 0.6) is 5.75 Å². The molecule has 2 rings (SSSR count). The van der Waals surface area contributed by atoms with Gasteiger partial charge in [0.05, 0.1) is 18.1 Å². The predicted octanol–water partition coefficient (Wildman–Crippen LogP) is 3.47. The van der Waals surface area contributed by atoms with Crippen LogP contribution in [0.25, 0.3) is 0 Å². The number of hydrogen-bond donors (Lipinski definition) is 1. The van der Waals surface area contributed by atoms with E-state index in [2.05, 4.69) is 31.2 Å². The molecule has 5 nitrogen and oxygen atoms in total. The van der Waals surface area contributed by atoms with E-state index in [1.165, 1.54) is 0 Å². The zero-order valence-corrected chi connectivity index (χ0v) is 15.5. The Morgan fingerprint density at radius 1 is 1.29 bits per heavy atom. The first-order chi connectivity index (χ1) is 11.4. The molecule has 0 aliphatic rings. The first kappa shape index (κ1) is 18.4. The molecule has 1 amide bonds. The zero-order chi connectivity index (χ0) is 17.6. The second-order valence-corrected chi connectivity index (χ2v) is 7.66. The van der Waals surface area contributed by atoms with Crippen molar-refractivity contribution in [3.8, 4) is 5.75 Å². The normalized spacial score (nSPS) is 11.3. The summed E-state index contributed by atoms with van der Waals surface area (Å²) in [5.74, 6) is 2.72. The van der Waals surface area contributed by atoms with Crippen molar-refractivity contribution in [3.63, 3.8) is 0 Å². The van der Waals surface area contributed by atoms with Crippen LogP contribution in [-0.4, -0.2) is 33.8 Å². The largest absolute Gasteiger partial charge is 0.493 e. The molecule has 0 saturated heterocycles. The van der Waals surface area contributed by atoms with Crippen LogP contribution in [0.4, 0.5) is 5.82 Å². The van der Waals surface area contributed by atoms with Crippen LogP contribution in [0.3, 0.4) is 0 Å². The first-order valence-corrected chi connectivity index (χ1v) is 9.11. The molecular weight excluding hydrogens is 322 g/mol. The van der Waals surface area contributed by atoms with E-state index in [-0.39, 0.29) is 11.3 Å². The number of nitrogens with one attached hydrogen (secondary N) is 1. The van der Waals surface area contributed by atoms with Crippen molar-refractivity contribution in [2.45, 2.75) is 26.2 Å². The number of rotatable bonds is 7. The van der Waals surface area contributed by atoms with E-state index < -0.39 is 0 Å². The first-order valence-electron chi connectivity index (χ1n) is 7.96. The Balaban J connectivity index is 1.71. The number of ether oxygens (including phenoxy) is 1. The molecule has 1 aromatic carbocycles. The molecule has 0 aliphatic carbocycles. The molecule has 2 aromatic rings. The molecule has 1 heterocycles. The van der Waals surface area contributed by atoms with Crippen molar-refractivity contribution in [2.24, 2.45) is 7.05 Å². The van der Waals surface area contributed by atoms with Crippen LogP contribution in [0.2, 0.25) is 0 Å². The molecular formula is C18H25N3O2S. The van der Waals surface area contributed by atoms with Crippen molar-refractivity contribution in [2.75, 3.05) is 23.4 Å². The van der Waals surface area contributed by atoms with Gasteiger partial charge in [0.15, 0.2) is 0 Å². The van der Waals surface area contributed by atoms with E-state index >= 15 is 0 Å². The monoisotopic (exact) mass is 347 g/mol. The van der Waals surface area contributed by atoms with Gasteiger partial charge in [0.25, 0.3) is 0 Å². The number of nitrogens with zero attached hydrogens (tertiary/aromatic N) is 2. The lowest BCUT2D eigenvalue weighted by Crippen LogP contribution is -2.17. The lowest BCUT2D eigenvalue weighted by molar-refractivity contribution is -0.113. The summed E-state index contributed by atoms with van der Waals surface area (Å²) < 4.78 is 7.31. The van der Waals surface area contributed by atoms with E-state index in [1.807, 2.05) is 43.4 Å². The summed E-state index contributed by atoms with van der Waals surface area (Å²) >= 11 is 1.55. The van der Waals surface area contributed by atoms with Gasteiger partial charge in [0.1, 0.15) is 11.6 Å². The summed E-state index contributed by atoms with van der Waals surface area (Å²) in [6.07, 6.45) is 0. The smallest absolute Gasteiger partial charge is 0.235 e. The Hall–Kier alpha value is -1.95. The Morgan fingerprint density at radius 2 is 2.00 bits per heavy atom. The number of amides is 1. The number of aromatic nitrogens is 2. The molecule has 6 heteroatoms. The third-order valence-corrected chi connectivity index (χ3v) is 4.31. The highest BCUT2D eigenvalue weighted by Crippen LogP contribution is 2.23. The van der Waals surface area contributed by atoms with E-state index in [9.17, 15) is 4.79 Å². The van der Waals surface area contributed by atoms with Crippen molar-refractivity contribution >= 4 is 23.5 Å². The lowest BCUT2D eigenvalue weighted by Gasteiger charge is -2.13. The number of anilines is 1. The molecule has 0 fully saturated rings. The summed E-state index contributed by atoms with van der Waals surface area (Å²) in [5, 5.41) is 7.36. The molecule has 0 aliphatic heterocycles. The molecule has 24 heavy (non-hydrogen) atoms. The van der Waals surface area contributed by atoms with Gasteiger partial charge in [0.2, 0.25) is 5.91 Å². The van der Waals surface area contributed by atoms with Crippen LogP contribution < -0.4 is 10.1 Å².